The van der Waals surface area contributed by atoms with Crippen molar-refractivity contribution in [3.8, 4) is 11.5 Å². The fourth-order valence-corrected chi connectivity index (χ4v) is 4.41. The summed E-state index contributed by atoms with van der Waals surface area (Å²) in [6.45, 7) is 8.79. The predicted octanol–water partition coefficient (Wildman–Crippen LogP) is 3.90. The zero-order valence-corrected chi connectivity index (χ0v) is 17.1. The molecule has 150 valence electrons. The van der Waals surface area contributed by atoms with Crippen molar-refractivity contribution >= 4 is 17.7 Å². The normalized spacial score (nSPS) is 21.6. The average molecular weight is 390 g/mol. The number of hydrogen-bond donors (Lipinski definition) is 1. The van der Waals surface area contributed by atoms with E-state index in [2.05, 4.69) is 54.9 Å². The Kier molecular flexibility index (Phi) is 4.61. The van der Waals surface area contributed by atoms with Crippen LogP contribution in [0.4, 0.5) is 5.69 Å². The standard InChI is InChI=1S/C24H26N2O3/c1-5-14-29-20-11-10-17(15-21(20)28-4)12-13-24-23(2,3)18-8-6-7-9-19(18)26(24)16-22(27)25-24/h5-13,15H,1,14,16H2,2-4H3,(H,25,27)/b13-12+/t24-/m1/s1. The number of nitrogens with one attached hydrogen (secondary N) is 1. The van der Waals surface area contributed by atoms with Crippen LogP contribution >= 0.6 is 0 Å². The molecule has 29 heavy (non-hydrogen) atoms. The lowest BCUT2D eigenvalue weighted by Crippen LogP contribution is -2.58. The number of para-hydroxylation sites is 1. The largest absolute Gasteiger partial charge is 0.493 e. The van der Waals surface area contributed by atoms with E-state index in [1.54, 1.807) is 13.2 Å². The summed E-state index contributed by atoms with van der Waals surface area (Å²) < 4.78 is 11.1. The second kappa shape index (κ2) is 6.99. The third kappa shape index (κ3) is 2.89. The Morgan fingerprint density at radius 1 is 1.21 bits per heavy atom. The quantitative estimate of drug-likeness (QED) is 0.760. The van der Waals surface area contributed by atoms with Gasteiger partial charge in [-0.3, -0.25) is 4.79 Å². The van der Waals surface area contributed by atoms with Crippen LogP contribution in [-0.4, -0.2) is 31.8 Å². The van der Waals surface area contributed by atoms with Gasteiger partial charge >= 0.3 is 0 Å². The van der Waals surface area contributed by atoms with E-state index in [1.807, 2.05) is 30.3 Å². The predicted molar refractivity (Wildman–Crippen MR) is 115 cm³/mol. The molecule has 0 bridgehead atoms. The molecule has 2 aromatic carbocycles. The van der Waals surface area contributed by atoms with Crippen LogP contribution in [0.25, 0.3) is 6.08 Å². The molecule has 5 nitrogen and oxygen atoms in total. The fourth-order valence-electron chi connectivity index (χ4n) is 4.41. The monoisotopic (exact) mass is 390 g/mol. The molecule has 1 N–H and O–H groups in total. The Hall–Kier alpha value is -3.21. The number of fused-ring (bicyclic) bond motifs is 3. The Bertz CT molecular complexity index is 995. The van der Waals surface area contributed by atoms with E-state index >= 15 is 0 Å². The van der Waals surface area contributed by atoms with Gasteiger partial charge < -0.3 is 19.7 Å². The highest BCUT2D eigenvalue weighted by Gasteiger charge is 2.59. The number of carbonyl (C=O) groups excluding carboxylic acids is 1. The van der Waals surface area contributed by atoms with E-state index in [0.717, 1.165) is 11.3 Å². The number of rotatable bonds is 6. The van der Waals surface area contributed by atoms with E-state index in [4.69, 9.17) is 9.47 Å². The maximum Gasteiger partial charge on any atom is 0.241 e. The van der Waals surface area contributed by atoms with Crippen LogP contribution in [0.3, 0.4) is 0 Å². The lowest BCUT2D eigenvalue weighted by atomic mass is 9.75. The van der Waals surface area contributed by atoms with E-state index in [1.165, 1.54) is 5.56 Å². The Labute approximate surface area is 171 Å². The number of hydrogen-bond acceptors (Lipinski definition) is 4. The van der Waals surface area contributed by atoms with Crippen LogP contribution < -0.4 is 19.7 Å². The third-order valence-electron chi connectivity index (χ3n) is 5.94. The van der Waals surface area contributed by atoms with Gasteiger partial charge in [-0.2, -0.15) is 0 Å². The van der Waals surface area contributed by atoms with Crippen molar-refractivity contribution in [2.75, 3.05) is 25.2 Å². The molecule has 0 radical (unpaired) electrons. The van der Waals surface area contributed by atoms with Gasteiger partial charge in [0.1, 0.15) is 12.3 Å². The smallest absolute Gasteiger partial charge is 0.241 e. The van der Waals surface area contributed by atoms with Crippen molar-refractivity contribution < 1.29 is 14.3 Å². The van der Waals surface area contributed by atoms with Crippen molar-refractivity contribution in [1.82, 2.24) is 5.32 Å². The van der Waals surface area contributed by atoms with Crippen molar-refractivity contribution in [1.29, 1.82) is 0 Å². The highest BCUT2D eigenvalue weighted by atomic mass is 16.5. The second-order valence-corrected chi connectivity index (χ2v) is 7.89. The minimum absolute atomic E-state index is 0.0305. The molecule has 1 saturated heterocycles. The van der Waals surface area contributed by atoms with Crippen LogP contribution in [0.1, 0.15) is 25.0 Å². The second-order valence-electron chi connectivity index (χ2n) is 7.89. The molecule has 1 amide bonds. The number of ether oxygens (including phenoxy) is 2. The summed E-state index contributed by atoms with van der Waals surface area (Å²) in [6, 6.07) is 14.1. The molecule has 4 rings (SSSR count). The topological polar surface area (TPSA) is 50.8 Å². The van der Waals surface area contributed by atoms with Crippen molar-refractivity contribution in [3.63, 3.8) is 0 Å². The number of benzene rings is 2. The first-order chi connectivity index (χ1) is 13.9. The summed E-state index contributed by atoms with van der Waals surface area (Å²) in [5.41, 5.74) is 2.40. The molecule has 2 aliphatic rings. The van der Waals surface area contributed by atoms with Gasteiger partial charge in [-0.15, -0.1) is 0 Å². The molecule has 0 unspecified atom stereocenters. The number of nitrogens with zero attached hydrogens (tertiary/aromatic N) is 1. The molecule has 0 spiro atoms. The van der Waals surface area contributed by atoms with Gasteiger partial charge in [-0.05, 0) is 35.4 Å². The minimum Gasteiger partial charge on any atom is -0.493 e. The maximum absolute atomic E-state index is 12.4. The van der Waals surface area contributed by atoms with Gasteiger partial charge in [-0.1, -0.05) is 56.8 Å². The molecule has 5 heteroatoms. The van der Waals surface area contributed by atoms with Crippen LogP contribution in [0.15, 0.2) is 61.2 Å². The molecular formula is C24H26N2O3. The van der Waals surface area contributed by atoms with Gasteiger partial charge in [0.25, 0.3) is 0 Å². The van der Waals surface area contributed by atoms with Gasteiger partial charge in [0, 0.05) is 11.1 Å². The summed E-state index contributed by atoms with van der Waals surface area (Å²) in [5, 5.41) is 3.24. The lowest BCUT2D eigenvalue weighted by molar-refractivity contribution is -0.118. The van der Waals surface area contributed by atoms with Crippen LogP contribution in [0, 0.1) is 0 Å². The first-order valence-electron chi connectivity index (χ1n) is 9.72. The van der Waals surface area contributed by atoms with E-state index in [0.29, 0.717) is 24.7 Å². The molecule has 1 fully saturated rings. The molecule has 2 aliphatic heterocycles. The molecule has 0 aromatic heterocycles. The summed E-state index contributed by atoms with van der Waals surface area (Å²) in [6.07, 6.45) is 5.83. The Morgan fingerprint density at radius 2 is 2.00 bits per heavy atom. The summed E-state index contributed by atoms with van der Waals surface area (Å²) in [5.74, 6) is 1.36. The zero-order chi connectivity index (χ0) is 20.6. The van der Waals surface area contributed by atoms with Crippen LogP contribution in [0.2, 0.25) is 0 Å². The third-order valence-corrected chi connectivity index (χ3v) is 5.94. The molecule has 0 aliphatic carbocycles. The van der Waals surface area contributed by atoms with Gasteiger partial charge in [0.15, 0.2) is 11.5 Å². The van der Waals surface area contributed by atoms with E-state index in [-0.39, 0.29) is 11.3 Å². The molecule has 2 heterocycles. The van der Waals surface area contributed by atoms with Gasteiger partial charge in [0.05, 0.1) is 13.7 Å². The minimum atomic E-state index is -0.612. The van der Waals surface area contributed by atoms with Gasteiger partial charge in [-0.25, -0.2) is 0 Å². The first-order valence-corrected chi connectivity index (χ1v) is 9.72. The maximum atomic E-state index is 12.4. The van der Waals surface area contributed by atoms with Crippen LogP contribution in [0.5, 0.6) is 11.5 Å². The van der Waals surface area contributed by atoms with E-state index < -0.39 is 5.66 Å². The number of anilines is 1. The molecule has 1 atom stereocenters. The van der Waals surface area contributed by atoms with Crippen molar-refractivity contribution in [2.45, 2.75) is 24.9 Å². The summed E-state index contributed by atoms with van der Waals surface area (Å²) in [7, 11) is 1.62. The molecule has 2 aromatic rings. The number of amides is 1. The van der Waals surface area contributed by atoms with Crippen LogP contribution in [-0.2, 0) is 10.2 Å². The van der Waals surface area contributed by atoms with Crippen molar-refractivity contribution in [2.24, 2.45) is 0 Å². The zero-order valence-electron chi connectivity index (χ0n) is 17.1. The van der Waals surface area contributed by atoms with Gasteiger partial charge in [0.2, 0.25) is 5.91 Å². The van der Waals surface area contributed by atoms with Crippen molar-refractivity contribution in [3.05, 3.63) is 72.3 Å². The summed E-state index contributed by atoms with van der Waals surface area (Å²) in [4.78, 5) is 14.6. The molecular weight excluding hydrogens is 364 g/mol. The lowest BCUT2D eigenvalue weighted by Gasteiger charge is -2.40. The first kappa shape index (κ1) is 19.1. The highest BCUT2D eigenvalue weighted by Crippen LogP contribution is 2.52. The summed E-state index contributed by atoms with van der Waals surface area (Å²) >= 11 is 0. The molecule has 0 saturated carbocycles. The number of carbonyl (C=O) groups is 1. The Balaban J connectivity index is 1.72. The Morgan fingerprint density at radius 3 is 2.76 bits per heavy atom. The SMILES string of the molecule is C=CCOc1ccc(/C=C/[C@@]23NC(=O)CN2c2ccccc2C3(C)C)cc1OC. The highest BCUT2D eigenvalue weighted by molar-refractivity contribution is 5.91. The number of methoxy groups -OCH3 is 1. The fraction of sp³-hybridized carbons (Fsp3) is 0.292. The van der Waals surface area contributed by atoms with E-state index in [9.17, 15) is 4.79 Å². The average Bonchev–Trinajstić information content (AvgIpc) is 3.16.